The largest absolute Gasteiger partial charge is 3.00 e. The maximum atomic E-state index is 2.89. The third kappa shape index (κ3) is 14.7. The van der Waals surface area contributed by atoms with Crippen molar-refractivity contribution in [2.75, 3.05) is 0 Å². The summed E-state index contributed by atoms with van der Waals surface area (Å²) in [5.74, 6) is 0. The molecule has 0 aliphatic carbocycles. The molecule has 3 rings (SSSR count). The Hall–Kier alpha value is -1.39. The third-order valence-corrected chi connectivity index (χ3v) is 1.82. The monoisotopic (exact) mass is 320 g/mol. The van der Waals surface area contributed by atoms with Gasteiger partial charge in [0.15, 0.2) is 0 Å². The van der Waals surface area contributed by atoms with Crippen LogP contribution in [-0.4, -0.2) is 0 Å². The molecular weight excluding hydrogens is 302 g/mol. The first-order valence-electron chi connectivity index (χ1n) is 5.73. The van der Waals surface area contributed by atoms with E-state index >= 15 is 0 Å². The fourth-order valence-electron chi connectivity index (χ4n) is 1.03. The Bertz CT molecular complexity index is 302. The molecule has 0 bridgehead atoms. The zero-order valence-electron chi connectivity index (χ0n) is 11.2. The van der Waals surface area contributed by atoms with Gasteiger partial charge in [0.05, 0.1) is 0 Å². The standard InChI is InChI=1S/3C6H5.Mn.H3P/c3*1-2-4-6-5-3-1;;/h3*1-5H;;1H3/q3*-1;+3;. The average molecular weight is 320 g/mol. The van der Waals surface area contributed by atoms with Crippen molar-refractivity contribution in [3.63, 3.8) is 0 Å². The molecule has 0 amide bonds. The molecule has 3 aromatic rings. The summed E-state index contributed by atoms with van der Waals surface area (Å²) in [4.78, 5) is 0. The number of hydrogen-bond donors (Lipinski definition) is 0. The molecule has 0 radical (unpaired) electrons. The maximum absolute atomic E-state index is 2.89. The molecule has 2 heteroatoms. The molecule has 0 aromatic heterocycles. The van der Waals surface area contributed by atoms with E-state index in [9.17, 15) is 0 Å². The Morgan fingerprint density at radius 3 is 0.600 bits per heavy atom. The van der Waals surface area contributed by atoms with Gasteiger partial charge < -0.3 is 0 Å². The van der Waals surface area contributed by atoms with E-state index in [-0.39, 0.29) is 27.0 Å². The Kier molecular flexibility index (Phi) is 18.4. The van der Waals surface area contributed by atoms with E-state index in [4.69, 9.17) is 0 Å². The molecular formula is C18H18MnP. The predicted octanol–water partition coefficient (Wildman–Crippen LogP) is 4.52. The minimum absolute atomic E-state index is 0. The SMILES string of the molecule is P.[Mn+3].[c-]1ccccc1.[c-]1ccccc1.[c-]1ccccc1. The molecule has 1 atom stereocenters. The molecule has 20 heavy (non-hydrogen) atoms. The number of hydrogen-bond acceptors (Lipinski definition) is 0. The van der Waals surface area contributed by atoms with E-state index in [0.29, 0.717) is 0 Å². The van der Waals surface area contributed by atoms with Crippen LogP contribution in [0.5, 0.6) is 0 Å². The third-order valence-electron chi connectivity index (χ3n) is 1.82. The van der Waals surface area contributed by atoms with Crippen LogP contribution in [-0.2, 0) is 17.1 Å². The van der Waals surface area contributed by atoms with Gasteiger partial charge in [-0.05, 0) is 0 Å². The van der Waals surface area contributed by atoms with Gasteiger partial charge >= 0.3 is 17.1 Å². The second kappa shape index (κ2) is 17.6. The second-order valence-corrected chi connectivity index (χ2v) is 3.23. The first kappa shape index (κ1) is 20.9. The van der Waals surface area contributed by atoms with E-state index in [1.54, 1.807) is 0 Å². The summed E-state index contributed by atoms with van der Waals surface area (Å²) in [6.07, 6.45) is 0. The Balaban J connectivity index is 0. The minimum Gasteiger partial charge on any atom is -0.184 e. The van der Waals surface area contributed by atoms with Gasteiger partial charge in [-0.3, -0.25) is 0 Å². The summed E-state index contributed by atoms with van der Waals surface area (Å²) in [5, 5.41) is 0. The normalized spacial score (nSPS) is 7.20. The molecule has 1 unspecified atom stereocenters. The second-order valence-electron chi connectivity index (χ2n) is 3.23. The maximum Gasteiger partial charge on any atom is 3.00 e. The molecule has 0 saturated heterocycles. The van der Waals surface area contributed by atoms with Crippen LogP contribution in [0, 0.1) is 18.2 Å². The van der Waals surface area contributed by atoms with Crippen LogP contribution in [0.2, 0.25) is 0 Å². The van der Waals surface area contributed by atoms with Crippen molar-refractivity contribution in [3.05, 3.63) is 109 Å². The van der Waals surface area contributed by atoms with Crippen molar-refractivity contribution in [2.24, 2.45) is 0 Å². The zero-order valence-corrected chi connectivity index (χ0v) is 13.8. The van der Waals surface area contributed by atoms with Crippen LogP contribution in [0.25, 0.3) is 0 Å². The predicted molar refractivity (Wildman–Crippen MR) is 86.9 cm³/mol. The van der Waals surface area contributed by atoms with Gasteiger partial charge in [-0.15, -0.1) is 0 Å². The van der Waals surface area contributed by atoms with Crippen molar-refractivity contribution >= 4 is 9.90 Å². The van der Waals surface area contributed by atoms with Gasteiger partial charge in [-0.25, -0.2) is 0 Å². The topological polar surface area (TPSA) is 0 Å². The number of rotatable bonds is 0. The summed E-state index contributed by atoms with van der Waals surface area (Å²) >= 11 is 0. The Labute approximate surface area is 136 Å². The minimum atomic E-state index is 0. The summed E-state index contributed by atoms with van der Waals surface area (Å²) in [5.41, 5.74) is 0. The average Bonchev–Trinajstić information content (AvgIpc) is 2.54. The molecule has 0 heterocycles. The zero-order chi connectivity index (χ0) is 12.7. The molecule has 0 nitrogen and oxygen atoms in total. The summed E-state index contributed by atoms with van der Waals surface area (Å²) in [7, 11) is 0. The first-order valence-corrected chi connectivity index (χ1v) is 5.73. The molecule has 0 fully saturated rings. The molecule has 0 spiro atoms. The van der Waals surface area contributed by atoms with Crippen molar-refractivity contribution in [3.8, 4) is 0 Å². The molecule has 0 aliphatic rings. The van der Waals surface area contributed by atoms with Crippen molar-refractivity contribution in [1.82, 2.24) is 0 Å². The van der Waals surface area contributed by atoms with Gasteiger partial charge in [-0.2, -0.15) is 119 Å². The van der Waals surface area contributed by atoms with Crippen LogP contribution in [0.15, 0.2) is 91.0 Å². The van der Waals surface area contributed by atoms with Gasteiger partial charge in [0.25, 0.3) is 0 Å². The molecule has 0 aliphatic heterocycles. The molecule has 0 N–H and O–H groups in total. The Morgan fingerprint density at radius 2 is 0.550 bits per heavy atom. The quantitative estimate of drug-likeness (QED) is 0.325. The molecule has 3 aromatic carbocycles. The smallest absolute Gasteiger partial charge is 0.184 e. The number of benzene rings is 3. The van der Waals surface area contributed by atoms with Crippen LogP contribution in [0.4, 0.5) is 0 Å². The van der Waals surface area contributed by atoms with E-state index in [1.165, 1.54) is 0 Å². The van der Waals surface area contributed by atoms with E-state index < -0.39 is 0 Å². The van der Waals surface area contributed by atoms with Gasteiger partial charge in [0.2, 0.25) is 0 Å². The van der Waals surface area contributed by atoms with Gasteiger partial charge in [0.1, 0.15) is 0 Å². The van der Waals surface area contributed by atoms with Gasteiger partial charge in [0, 0.05) is 0 Å². The van der Waals surface area contributed by atoms with Gasteiger partial charge in [-0.1, -0.05) is 0 Å². The van der Waals surface area contributed by atoms with Crippen molar-refractivity contribution in [2.45, 2.75) is 0 Å². The van der Waals surface area contributed by atoms with Crippen LogP contribution >= 0.6 is 9.90 Å². The Morgan fingerprint density at radius 1 is 0.350 bits per heavy atom. The van der Waals surface area contributed by atoms with Crippen LogP contribution in [0.3, 0.4) is 0 Å². The molecule has 0 saturated carbocycles. The van der Waals surface area contributed by atoms with Crippen LogP contribution < -0.4 is 0 Å². The van der Waals surface area contributed by atoms with E-state index in [1.807, 2.05) is 91.0 Å². The summed E-state index contributed by atoms with van der Waals surface area (Å²) in [6, 6.07) is 37.5. The summed E-state index contributed by atoms with van der Waals surface area (Å²) < 4.78 is 0. The van der Waals surface area contributed by atoms with Crippen molar-refractivity contribution < 1.29 is 17.1 Å². The van der Waals surface area contributed by atoms with Crippen LogP contribution in [0.1, 0.15) is 0 Å². The summed E-state index contributed by atoms with van der Waals surface area (Å²) in [6.45, 7) is 0. The fourth-order valence-corrected chi connectivity index (χ4v) is 1.03. The van der Waals surface area contributed by atoms with Crippen molar-refractivity contribution in [1.29, 1.82) is 0 Å². The fraction of sp³-hybridized carbons (Fsp3) is 0. The van der Waals surface area contributed by atoms with E-state index in [2.05, 4.69) is 18.2 Å². The van der Waals surface area contributed by atoms with E-state index in [0.717, 1.165) is 0 Å². The molecule has 102 valence electrons. The first-order chi connectivity index (χ1) is 9.00.